The third-order valence-electron chi connectivity index (χ3n) is 7.44. The molecule has 2 rings (SSSR count). The Hall–Kier alpha value is -4.12. The van der Waals surface area contributed by atoms with Gasteiger partial charge in [0.25, 0.3) is 0 Å². The topological polar surface area (TPSA) is 100 Å². The Bertz CT molecular complexity index is 1590. The number of hydrogen-bond acceptors (Lipinski definition) is 5. The predicted molar refractivity (Wildman–Crippen MR) is 188 cm³/mol. The van der Waals surface area contributed by atoms with E-state index >= 15 is 0 Å². The maximum atomic E-state index is 13.8. The van der Waals surface area contributed by atoms with Gasteiger partial charge in [-0.2, -0.15) is 39.5 Å². The van der Waals surface area contributed by atoms with Crippen molar-refractivity contribution in [1.29, 1.82) is 0 Å². The van der Waals surface area contributed by atoms with Crippen molar-refractivity contribution in [3.63, 3.8) is 0 Å². The van der Waals surface area contributed by atoms with Crippen LogP contribution in [-0.4, -0.2) is 65.6 Å². The fourth-order valence-electron chi connectivity index (χ4n) is 4.28. The van der Waals surface area contributed by atoms with Gasteiger partial charge in [0.05, 0.1) is 12.0 Å². The van der Waals surface area contributed by atoms with Gasteiger partial charge < -0.3 is 20.3 Å². The fourth-order valence-corrected chi connectivity index (χ4v) is 4.50. The van der Waals surface area contributed by atoms with Crippen molar-refractivity contribution in [3.05, 3.63) is 81.9 Å². The molecule has 0 aliphatic carbocycles. The van der Waals surface area contributed by atoms with Crippen LogP contribution in [0.5, 0.6) is 0 Å². The van der Waals surface area contributed by atoms with Crippen LogP contribution in [0, 0.1) is 0 Å². The Kier molecular flexibility index (Phi) is 17.5. The van der Waals surface area contributed by atoms with Crippen LogP contribution in [0.1, 0.15) is 70.6 Å². The molecule has 4 N–H and O–H groups in total. The van der Waals surface area contributed by atoms with Crippen LogP contribution in [0.2, 0.25) is 5.02 Å². The van der Waals surface area contributed by atoms with Crippen LogP contribution < -0.4 is 11.6 Å². The summed E-state index contributed by atoms with van der Waals surface area (Å²) in [4.78, 5) is 15.2. The molecule has 2 aromatic carbocycles. The van der Waals surface area contributed by atoms with Gasteiger partial charge in [0, 0.05) is 49.9 Å². The van der Waals surface area contributed by atoms with E-state index < -0.39 is 47.8 Å². The van der Waals surface area contributed by atoms with Gasteiger partial charge in [-0.05, 0) is 74.6 Å². The zero-order valence-electron chi connectivity index (χ0n) is 30.5. The smallest absolute Gasteiger partial charge is 0.416 e. The molecule has 0 unspecified atom stereocenters. The number of hydrogen-bond donors (Lipinski definition) is 2. The number of halogens is 10. The van der Waals surface area contributed by atoms with Gasteiger partial charge in [-0.25, -0.2) is 15.8 Å². The van der Waals surface area contributed by atoms with Crippen LogP contribution >= 0.6 is 11.6 Å². The number of carbonyl (C=O) groups excluding carboxylic acids is 1. The molecule has 53 heavy (non-hydrogen) atoms. The first-order valence-electron chi connectivity index (χ1n) is 16.2. The second kappa shape index (κ2) is 19.8. The number of hydrazine groups is 1. The molecule has 8 nitrogen and oxygen atoms in total. The van der Waals surface area contributed by atoms with Crippen molar-refractivity contribution >= 4 is 23.7 Å². The van der Waals surface area contributed by atoms with Crippen LogP contribution in [0.15, 0.2) is 65.3 Å². The maximum Gasteiger partial charge on any atom is 0.416 e. The number of guanidine groups is 1. The molecule has 2 aromatic rings. The number of benzene rings is 2. The standard InChI is InChI=1S/C29H37ClF6N6O2.C6H9F3/c1-6-27(2,3)44-26(43)40(4)17-19-9-12-24(30)23(15-19)22-11-10-21(29(34,35)36)16-20(22)18-42(25(37)39-41(5)38)14-8-7-13-28(31,32)33;1-3-4-5(2)6(7,8)9/h7-12,15-16H,6,13-14,17-18,38H2,1-5H3,(H2,37,39);4H,3H2,1-2H3/b8-7+;5-4+. The van der Waals surface area contributed by atoms with Gasteiger partial charge in [-0.3, -0.25) is 0 Å². The molecule has 0 fully saturated rings. The minimum absolute atomic E-state index is 0.108. The summed E-state index contributed by atoms with van der Waals surface area (Å²) in [5, 5.41) is 4.94. The average molecular weight is 789 g/mol. The van der Waals surface area contributed by atoms with E-state index in [1.54, 1.807) is 46.0 Å². The third kappa shape index (κ3) is 17.1. The highest BCUT2D eigenvalue weighted by Crippen LogP contribution is 2.37. The highest BCUT2D eigenvalue weighted by Gasteiger charge is 2.32. The zero-order chi connectivity index (χ0) is 40.9. The Morgan fingerprint density at radius 1 is 0.925 bits per heavy atom. The Morgan fingerprint density at radius 2 is 1.55 bits per heavy atom. The van der Waals surface area contributed by atoms with Gasteiger partial charge in [-0.1, -0.05) is 55.8 Å². The molecule has 0 saturated heterocycles. The maximum absolute atomic E-state index is 13.8. The molecule has 0 aliphatic rings. The van der Waals surface area contributed by atoms with Crippen molar-refractivity contribution < 1.29 is 49.0 Å². The van der Waals surface area contributed by atoms with Gasteiger partial charge >= 0.3 is 24.6 Å². The third-order valence-corrected chi connectivity index (χ3v) is 7.77. The SMILES string of the molecule is CC/C=C(\C)C(F)(F)F.CCC(C)(C)OC(=O)N(C)Cc1ccc(Cl)c(-c2ccc(C(F)(F)F)cc2CN(C/C=C/CC(F)(F)F)/C(N)=N/N(C)N)c1. The van der Waals surface area contributed by atoms with E-state index in [-0.39, 0.29) is 36.2 Å². The van der Waals surface area contributed by atoms with Gasteiger partial charge in [0.2, 0.25) is 5.96 Å². The first kappa shape index (κ1) is 46.9. The number of nitrogens with two attached hydrogens (primary N) is 2. The van der Waals surface area contributed by atoms with E-state index in [2.05, 4.69) is 5.10 Å². The van der Waals surface area contributed by atoms with E-state index in [4.69, 9.17) is 27.9 Å². The highest BCUT2D eigenvalue weighted by molar-refractivity contribution is 6.33. The molecule has 0 saturated carbocycles. The monoisotopic (exact) mass is 788 g/mol. The minimum atomic E-state index is -4.69. The van der Waals surface area contributed by atoms with Crippen LogP contribution in [0.4, 0.5) is 44.3 Å². The summed E-state index contributed by atoms with van der Waals surface area (Å²) in [6, 6.07) is 7.94. The molecule has 0 heterocycles. The normalized spacial score (nSPS) is 13.1. The molecular weight excluding hydrogens is 743 g/mol. The van der Waals surface area contributed by atoms with Crippen molar-refractivity contribution in [2.24, 2.45) is 16.7 Å². The zero-order valence-corrected chi connectivity index (χ0v) is 31.2. The summed E-state index contributed by atoms with van der Waals surface area (Å²) in [6.07, 6.45) is -10.8. The predicted octanol–water partition coefficient (Wildman–Crippen LogP) is 10.0. The van der Waals surface area contributed by atoms with E-state index in [1.165, 1.54) is 35.1 Å². The summed E-state index contributed by atoms with van der Waals surface area (Å²) in [5.74, 6) is 5.30. The van der Waals surface area contributed by atoms with E-state index in [0.29, 0.717) is 29.5 Å². The van der Waals surface area contributed by atoms with Crippen LogP contribution in [0.25, 0.3) is 11.1 Å². The molecule has 0 aromatic heterocycles. The fraction of sp³-hybridized carbons (Fsp3) is 0.486. The Morgan fingerprint density at radius 3 is 2.04 bits per heavy atom. The number of ether oxygens (including phenoxy) is 1. The van der Waals surface area contributed by atoms with Crippen molar-refractivity contribution in [1.82, 2.24) is 14.9 Å². The lowest BCUT2D eigenvalue weighted by molar-refractivity contribution is -0.137. The van der Waals surface area contributed by atoms with E-state index in [1.807, 2.05) is 6.92 Å². The van der Waals surface area contributed by atoms with Gasteiger partial charge in [0.15, 0.2) is 0 Å². The van der Waals surface area contributed by atoms with E-state index in [0.717, 1.165) is 30.3 Å². The summed E-state index contributed by atoms with van der Waals surface area (Å²) < 4.78 is 119. The lowest BCUT2D eigenvalue weighted by Crippen LogP contribution is -2.39. The summed E-state index contributed by atoms with van der Waals surface area (Å²) in [7, 11) is 2.90. The summed E-state index contributed by atoms with van der Waals surface area (Å²) >= 11 is 6.52. The lowest BCUT2D eigenvalue weighted by atomic mass is 9.95. The number of carbonyl (C=O) groups is 1. The number of nitrogens with zero attached hydrogens (tertiary/aromatic N) is 4. The van der Waals surface area contributed by atoms with Crippen molar-refractivity contribution in [3.8, 4) is 11.1 Å². The van der Waals surface area contributed by atoms with Gasteiger partial charge in [0.1, 0.15) is 5.60 Å². The van der Waals surface area contributed by atoms with Crippen LogP contribution in [-0.2, 0) is 24.0 Å². The van der Waals surface area contributed by atoms with E-state index in [9.17, 15) is 44.3 Å². The molecule has 0 bridgehead atoms. The Balaban J connectivity index is 0.00000137. The molecule has 0 spiro atoms. The molecule has 0 atom stereocenters. The molecular formula is C35H46ClF9N6O2. The molecule has 0 radical (unpaired) electrons. The quantitative estimate of drug-likeness (QED) is 0.0555. The second-order valence-electron chi connectivity index (χ2n) is 12.5. The first-order valence-corrected chi connectivity index (χ1v) is 16.5. The van der Waals surface area contributed by atoms with Crippen molar-refractivity contribution in [2.45, 2.75) is 91.1 Å². The molecule has 298 valence electrons. The first-order chi connectivity index (χ1) is 24.2. The number of alkyl halides is 9. The molecule has 0 aliphatic heterocycles. The summed E-state index contributed by atoms with van der Waals surface area (Å²) in [6.45, 7) is 7.79. The van der Waals surface area contributed by atoms with Crippen LogP contribution in [0.3, 0.4) is 0 Å². The minimum Gasteiger partial charge on any atom is -0.443 e. The van der Waals surface area contributed by atoms with Gasteiger partial charge in [-0.15, -0.1) is 5.10 Å². The Labute approximate surface area is 308 Å². The number of rotatable bonds is 12. The number of allylic oxidation sites excluding steroid dienone is 3. The largest absolute Gasteiger partial charge is 0.443 e. The molecule has 1 amide bonds. The summed E-state index contributed by atoms with van der Waals surface area (Å²) in [5.41, 5.74) is 5.29. The molecule has 18 heteroatoms. The second-order valence-corrected chi connectivity index (χ2v) is 12.9. The lowest BCUT2D eigenvalue weighted by Gasteiger charge is -2.27. The number of hydrazone groups is 1. The number of amides is 1. The highest BCUT2D eigenvalue weighted by atomic mass is 35.5. The average Bonchev–Trinajstić information content (AvgIpc) is 3.02. The van der Waals surface area contributed by atoms with Crippen molar-refractivity contribution in [2.75, 3.05) is 20.6 Å².